The van der Waals surface area contributed by atoms with Crippen molar-refractivity contribution in [3.05, 3.63) is 24.0 Å². The molecule has 0 aromatic carbocycles. The summed E-state index contributed by atoms with van der Waals surface area (Å²) in [4.78, 5) is 14.7. The van der Waals surface area contributed by atoms with Crippen LogP contribution in [-0.4, -0.2) is 17.4 Å². The molecule has 2 N–H and O–H groups in total. The van der Waals surface area contributed by atoms with E-state index in [0.717, 1.165) is 12.8 Å². The Morgan fingerprint density at radius 3 is 2.94 bits per heavy atom. The van der Waals surface area contributed by atoms with Gasteiger partial charge in [0.2, 0.25) is 5.91 Å². The molecular formula is C12H15N3O. The van der Waals surface area contributed by atoms with Crippen LogP contribution in [0.25, 0.3) is 0 Å². The van der Waals surface area contributed by atoms with E-state index in [1.54, 1.807) is 0 Å². The summed E-state index contributed by atoms with van der Waals surface area (Å²) in [6, 6.07) is 4.12. The molecule has 16 heavy (non-hydrogen) atoms. The number of rotatable bonds is 4. The molecule has 0 unspecified atom stereocenters. The third-order valence-electron chi connectivity index (χ3n) is 3.22. The second-order valence-corrected chi connectivity index (χ2v) is 4.27. The Bertz CT molecular complexity index is 398. The first-order chi connectivity index (χ1) is 7.77. The fourth-order valence-corrected chi connectivity index (χ4v) is 1.92. The van der Waals surface area contributed by atoms with Crippen LogP contribution >= 0.6 is 0 Å². The van der Waals surface area contributed by atoms with Crippen LogP contribution in [0.3, 0.4) is 0 Å². The van der Waals surface area contributed by atoms with Crippen LogP contribution in [0.4, 0.5) is 0 Å². The van der Waals surface area contributed by atoms with Gasteiger partial charge in [0.05, 0.1) is 6.07 Å². The third-order valence-corrected chi connectivity index (χ3v) is 3.22. The van der Waals surface area contributed by atoms with E-state index in [0.29, 0.717) is 19.4 Å². The minimum Gasteiger partial charge on any atom is -0.367 e. The Morgan fingerprint density at radius 1 is 1.62 bits per heavy atom. The van der Waals surface area contributed by atoms with Gasteiger partial charge in [-0.3, -0.25) is 4.79 Å². The molecule has 1 aliphatic carbocycles. The zero-order valence-electron chi connectivity index (χ0n) is 9.12. The molecule has 1 saturated carbocycles. The van der Waals surface area contributed by atoms with E-state index in [1.165, 1.54) is 5.56 Å². The van der Waals surface area contributed by atoms with Gasteiger partial charge in [-0.1, -0.05) is 0 Å². The van der Waals surface area contributed by atoms with E-state index in [2.05, 4.69) is 16.4 Å². The predicted molar refractivity (Wildman–Crippen MR) is 59.4 cm³/mol. The normalized spacial score (nSPS) is 17.2. The molecule has 0 saturated heterocycles. The number of nitrogens with one attached hydrogen (secondary N) is 2. The van der Waals surface area contributed by atoms with Crippen molar-refractivity contribution in [2.45, 2.75) is 25.7 Å². The summed E-state index contributed by atoms with van der Waals surface area (Å²) in [5, 5.41) is 11.8. The van der Waals surface area contributed by atoms with E-state index in [9.17, 15) is 4.79 Å². The quantitative estimate of drug-likeness (QED) is 0.799. The summed E-state index contributed by atoms with van der Waals surface area (Å²) in [5.41, 5.74) is 0.443. The zero-order chi connectivity index (χ0) is 11.4. The molecule has 1 amide bonds. The molecule has 0 bridgehead atoms. The maximum absolute atomic E-state index is 11.8. The maximum atomic E-state index is 11.8. The third kappa shape index (κ3) is 1.94. The minimum absolute atomic E-state index is 0.100. The van der Waals surface area contributed by atoms with E-state index in [-0.39, 0.29) is 5.91 Å². The average molecular weight is 217 g/mol. The van der Waals surface area contributed by atoms with Crippen molar-refractivity contribution in [3.63, 3.8) is 0 Å². The smallest absolute Gasteiger partial charge is 0.240 e. The number of nitrogens with zero attached hydrogens (tertiary/aromatic N) is 1. The fourth-order valence-electron chi connectivity index (χ4n) is 1.92. The molecule has 4 nitrogen and oxygen atoms in total. The average Bonchev–Trinajstić information content (AvgIpc) is 2.70. The molecule has 0 radical (unpaired) electrons. The lowest BCUT2D eigenvalue weighted by Gasteiger charge is -2.33. The summed E-state index contributed by atoms with van der Waals surface area (Å²) in [6.07, 6.45) is 6.98. The molecule has 1 heterocycles. The highest BCUT2D eigenvalue weighted by Crippen LogP contribution is 2.40. The summed E-state index contributed by atoms with van der Waals surface area (Å²) in [7, 11) is 0. The molecular weight excluding hydrogens is 202 g/mol. The van der Waals surface area contributed by atoms with Gasteiger partial charge < -0.3 is 10.3 Å². The van der Waals surface area contributed by atoms with Crippen LogP contribution in [0.1, 0.15) is 24.8 Å². The Hall–Kier alpha value is -1.76. The number of hydrogen-bond donors (Lipinski definition) is 2. The van der Waals surface area contributed by atoms with Crippen molar-refractivity contribution in [1.82, 2.24) is 10.3 Å². The largest absolute Gasteiger partial charge is 0.367 e. The number of hydrogen-bond acceptors (Lipinski definition) is 2. The number of amides is 1. The first-order valence-corrected chi connectivity index (χ1v) is 5.58. The Morgan fingerprint density at radius 2 is 2.44 bits per heavy atom. The van der Waals surface area contributed by atoms with Crippen molar-refractivity contribution in [2.24, 2.45) is 5.41 Å². The van der Waals surface area contributed by atoms with Gasteiger partial charge in [0.1, 0.15) is 5.41 Å². The molecule has 1 aliphatic rings. The standard InChI is InChI=1S/C12H15N3O/c13-9-12(4-1-5-12)11(16)15-7-3-10-2-6-14-8-10/h2,6,8,14H,1,3-5,7H2,(H,15,16). The minimum atomic E-state index is -0.724. The van der Waals surface area contributed by atoms with Crippen LogP contribution < -0.4 is 5.32 Å². The van der Waals surface area contributed by atoms with Crippen LogP contribution in [0.15, 0.2) is 18.5 Å². The zero-order valence-corrected chi connectivity index (χ0v) is 9.12. The lowest BCUT2D eigenvalue weighted by atomic mass is 9.69. The van der Waals surface area contributed by atoms with Crippen molar-refractivity contribution < 1.29 is 4.79 Å². The van der Waals surface area contributed by atoms with Crippen molar-refractivity contribution in [3.8, 4) is 6.07 Å². The van der Waals surface area contributed by atoms with E-state index >= 15 is 0 Å². The maximum Gasteiger partial charge on any atom is 0.240 e. The molecule has 1 fully saturated rings. The SMILES string of the molecule is N#CC1(C(=O)NCCc2cc[nH]c2)CCC1. The second kappa shape index (κ2) is 4.40. The molecule has 0 spiro atoms. The number of carbonyl (C=O) groups excluding carboxylic acids is 1. The molecule has 1 aromatic rings. The Kier molecular flexibility index (Phi) is 2.95. The molecule has 4 heteroatoms. The second-order valence-electron chi connectivity index (χ2n) is 4.27. The van der Waals surface area contributed by atoms with E-state index < -0.39 is 5.41 Å². The van der Waals surface area contributed by atoms with Crippen LogP contribution in [0.5, 0.6) is 0 Å². The monoisotopic (exact) mass is 217 g/mol. The highest BCUT2D eigenvalue weighted by Gasteiger charge is 2.44. The molecule has 2 rings (SSSR count). The Labute approximate surface area is 94.7 Å². The van der Waals surface area contributed by atoms with Crippen molar-refractivity contribution in [2.75, 3.05) is 6.54 Å². The van der Waals surface area contributed by atoms with Gasteiger partial charge in [0, 0.05) is 18.9 Å². The van der Waals surface area contributed by atoms with Crippen LogP contribution in [0, 0.1) is 16.7 Å². The van der Waals surface area contributed by atoms with Crippen molar-refractivity contribution >= 4 is 5.91 Å². The lowest BCUT2D eigenvalue weighted by molar-refractivity contribution is -0.131. The van der Waals surface area contributed by atoms with E-state index in [4.69, 9.17) is 5.26 Å². The first kappa shape index (κ1) is 10.7. The first-order valence-electron chi connectivity index (χ1n) is 5.58. The van der Waals surface area contributed by atoms with Crippen molar-refractivity contribution in [1.29, 1.82) is 5.26 Å². The summed E-state index contributed by atoms with van der Waals surface area (Å²) in [6.45, 7) is 0.597. The summed E-state index contributed by atoms with van der Waals surface area (Å²) >= 11 is 0. The van der Waals surface area contributed by atoms with Gasteiger partial charge >= 0.3 is 0 Å². The number of nitriles is 1. The highest BCUT2D eigenvalue weighted by atomic mass is 16.2. The predicted octanol–water partition coefficient (Wildman–Crippen LogP) is 1.37. The molecule has 0 aliphatic heterocycles. The molecule has 0 atom stereocenters. The highest BCUT2D eigenvalue weighted by molar-refractivity contribution is 5.86. The fraction of sp³-hybridized carbons (Fsp3) is 0.500. The summed E-state index contributed by atoms with van der Waals surface area (Å²) in [5.74, 6) is -0.100. The topological polar surface area (TPSA) is 68.7 Å². The molecule has 84 valence electrons. The van der Waals surface area contributed by atoms with Gasteiger partial charge in [-0.05, 0) is 37.3 Å². The van der Waals surface area contributed by atoms with E-state index in [1.807, 2.05) is 18.5 Å². The summed E-state index contributed by atoms with van der Waals surface area (Å²) < 4.78 is 0. The van der Waals surface area contributed by atoms with Gasteiger partial charge in [-0.25, -0.2) is 0 Å². The van der Waals surface area contributed by atoms with Crippen LogP contribution in [0.2, 0.25) is 0 Å². The van der Waals surface area contributed by atoms with Gasteiger partial charge in [0.15, 0.2) is 0 Å². The number of aromatic nitrogens is 1. The Balaban J connectivity index is 1.78. The van der Waals surface area contributed by atoms with Gasteiger partial charge in [0.25, 0.3) is 0 Å². The number of H-pyrrole nitrogens is 1. The molecule has 1 aromatic heterocycles. The van der Waals surface area contributed by atoms with Gasteiger partial charge in [-0.15, -0.1) is 0 Å². The van der Waals surface area contributed by atoms with Gasteiger partial charge in [-0.2, -0.15) is 5.26 Å². The van der Waals surface area contributed by atoms with Crippen LogP contribution in [-0.2, 0) is 11.2 Å². The number of carbonyl (C=O) groups is 1. The lowest BCUT2D eigenvalue weighted by Crippen LogP contribution is -2.45. The number of aromatic amines is 1.